The number of carbonyl (C=O) groups is 1. The van der Waals surface area contributed by atoms with Crippen LogP contribution in [0.1, 0.15) is 23.8 Å². The van der Waals surface area contributed by atoms with Crippen molar-refractivity contribution in [2.75, 3.05) is 13.6 Å². The summed E-state index contributed by atoms with van der Waals surface area (Å²) in [5.41, 5.74) is 1.20. The van der Waals surface area contributed by atoms with Crippen LogP contribution in [-0.4, -0.2) is 46.5 Å². The molecule has 0 radical (unpaired) electrons. The van der Waals surface area contributed by atoms with Crippen LogP contribution in [0.15, 0.2) is 29.0 Å². The maximum Gasteiger partial charge on any atom is 0.270 e. The second-order valence-electron chi connectivity index (χ2n) is 5.48. The molecule has 0 saturated carbocycles. The maximum absolute atomic E-state index is 12.4. The molecule has 3 heterocycles. The molecule has 21 heavy (non-hydrogen) atoms. The fraction of sp³-hybridized carbons (Fsp3) is 0.400. The van der Waals surface area contributed by atoms with Gasteiger partial charge < -0.3 is 10.2 Å². The summed E-state index contributed by atoms with van der Waals surface area (Å²) in [5, 5.41) is 4.00. The lowest BCUT2D eigenvalue weighted by atomic mass is 10.1. The van der Waals surface area contributed by atoms with Gasteiger partial charge in [0.1, 0.15) is 5.69 Å². The smallest absolute Gasteiger partial charge is 0.270 e. The third-order valence-electron chi connectivity index (χ3n) is 4.17. The minimum Gasteiger partial charge on any atom is -0.346 e. The Balaban J connectivity index is 1.83. The van der Waals surface area contributed by atoms with Gasteiger partial charge in [0.2, 0.25) is 0 Å². The Bertz CT molecular complexity index is 690. The highest BCUT2D eigenvalue weighted by Gasteiger charge is 2.29. The van der Waals surface area contributed by atoms with Crippen molar-refractivity contribution >= 4 is 32.7 Å². The molecule has 3 rings (SSSR count). The molecule has 1 aliphatic rings. The van der Waals surface area contributed by atoms with Gasteiger partial charge in [0.05, 0.1) is 9.99 Å². The molecule has 6 heteroatoms. The van der Waals surface area contributed by atoms with E-state index in [9.17, 15) is 4.79 Å². The average Bonchev–Trinajstić information content (AvgIpc) is 2.79. The average molecular weight is 349 g/mol. The quantitative estimate of drug-likeness (QED) is 0.903. The van der Waals surface area contributed by atoms with Gasteiger partial charge in [-0.25, -0.2) is 4.98 Å². The number of aromatic nitrogens is 2. The minimum atomic E-state index is -0.118. The Kier molecular flexibility index (Phi) is 3.91. The molecule has 110 valence electrons. The zero-order valence-electron chi connectivity index (χ0n) is 12.0. The molecule has 0 spiro atoms. The van der Waals surface area contributed by atoms with Gasteiger partial charge in [-0.15, -0.1) is 0 Å². The molecule has 2 unspecified atom stereocenters. The Labute approximate surface area is 131 Å². The predicted octanol–water partition coefficient (Wildman–Crippen LogP) is 2.21. The molecule has 0 aliphatic carbocycles. The van der Waals surface area contributed by atoms with Crippen LogP contribution in [0.2, 0.25) is 0 Å². The number of hydrogen-bond acceptors (Lipinski definition) is 4. The summed E-state index contributed by atoms with van der Waals surface area (Å²) in [5.74, 6) is -0.118. The first-order valence-corrected chi connectivity index (χ1v) is 7.77. The molecule has 1 saturated heterocycles. The summed E-state index contributed by atoms with van der Waals surface area (Å²) >= 11 is 3.42. The third kappa shape index (κ3) is 2.78. The minimum absolute atomic E-state index is 0.118. The lowest BCUT2D eigenvalue weighted by molar-refractivity contribution is 0.0925. The monoisotopic (exact) mass is 348 g/mol. The summed E-state index contributed by atoms with van der Waals surface area (Å²) < 4.78 is 0.795. The lowest BCUT2D eigenvalue weighted by Crippen LogP contribution is -2.42. The van der Waals surface area contributed by atoms with E-state index in [1.807, 2.05) is 6.07 Å². The highest BCUT2D eigenvalue weighted by atomic mass is 79.9. The number of pyridine rings is 2. The van der Waals surface area contributed by atoms with Crippen LogP contribution in [0.5, 0.6) is 0 Å². The molecule has 1 fully saturated rings. The number of carbonyl (C=O) groups excluding carboxylic acids is 1. The topological polar surface area (TPSA) is 58.1 Å². The van der Waals surface area contributed by atoms with Crippen molar-refractivity contribution in [3.63, 3.8) is 0 Å². The van der Waals surface area contributed by atoms with E-state index < -0.39 is 0 Å². The van der Waals surface area contributed by atoms with E-state index in [-0.39, 0.29) is 11.9 Å². The number of halogens is 1. The first-order chi connectivity index (χ1) is 10.1. The van der Waals surface area contributed by atoms with Crippen molar-refractivity contribution in [2.45, 2.75) is 25.4 Å². The SMILES string of the molecule is CC1C(NC(=O)c2ccc3cncc(Br)c3n2)CCN1C. The standard InChI is InChI=1S/C15H17BrN4O/c1-9-12(5-6-20(9)2)19-15(21)13-4-3-10-7-17-8-11(16)14(10)18-13/h3-4,7-9,12H,5-6H2,1-2H3,(H,19,21). The van der Waals surface area contributed by atoms with E-state index in [0.29, 0.717) is 11.7 Å². The summed E-state index contributed by atoms with van der Waals surface area (Å²) in [6.07, 6.45) is 4.40. The first kappa shape index (κ1) is 14.4. The van der Waals surface area contributed by atoms with Crippen molar-refractivity contribution < 1.29 is 4.79 Å². The number of fused-ring (bicyclic) bond motifs is 1. The molecule has 1 N–H and O–H groups in total. The molecule has 5 nitrogen and oxygen atoms in total. The molecule has 0 aromatic carbocycles. The van der Waals surface area contributed by atoms with Crippen LogP contribution in [-0.2, 0) is 0 Å². The molecule has 2 atom stereocenters. The molecule has 2 aromatic rings. The largest absolute Gasteiger partial charge is 0.346 e. The van der Waals surface area contributed by atoms with Crippen LogP contribution in [0, 0.1) is 0 Å². The Morgan fingerprint density at radius 3 is 2.95 bits per heavy atom. The van der Waals surface area contributed by atoms with Crippen LogP contribution in [0.25, 0.3) is 10.9 Å². The number of nitrogens with one attached hydrogen (secondary N) is 1. The zero-order chi connectivity index (χ0) is 15.0. The second-order valence-corrected chi connectivity index (χ2v) is 6.33. The normalized spacial score (nSPS) is 22.6. The predicted molar refractivity (Wildman–Crippen MR) is 85.2 cm³/mol. The van der Waals surface area contributed by atoms with Crippen LogP contribution in [0.4, 0.5) is 0 Å². The maximum atomic E-state index is 12.4. The fourth-order valence-electron chi connectivity index (χ4n) is 2.67. The van der Waals surface area contributed by atoms with Gasteiger partial charge in [-0.1, -0.05) is 0 Å². The van der Waals surface area contributed by atoms with Gasteiger partial charge >= 0.3 is 0 Å². The van der Waals surface area contributed by atoms with Gasteiger partial charge in [0.25, 0.3) is 5.91 Å². The van der Waals surface area contributed by atoms with Crippen molar-refractivity contribution in [2.24, 2.45) is 0 Å². The van der Waals surface area contributed by atoms with Gasteiger partial charge in [0.15, 0.2) is 0 Å². The zero-order valence-corrected chi connectivity index (χ0v) is 13.6. The molecule has 1 amide bonds. The summed E-state index contributed by atoms with van der Waals surface area (Å²) in [7, 11) is 2.08. The number of amides is 1. The number of hydrogen-bond donors (Lipinski definition) is 1. The van der Waals surface area contributed by atoms with Crippen LogP contribution >= 0.6 is 15.9 Å². The Morgan fingerprint density at radius 1 is 1.43 bits per heavy atom. The Morgan fingerprint density at radius 2 is 2.24 bits per heavy atom. The third-order valence-corrected chi connectivity index (χ3v) is 4.75. The van der Waals surface area contributed by atoms with E-state index in [2.05, 4.69) is 50.1 Å². The van der Waals surface area contributed by atoms with Crippen LogP contribution < -0.4 is 5.32 Å². The highest BCUT2D eigenvalue weighted by Crippen LogP contribution is 2.21. The van der Waals surface area contributed by atoms with Gasteiger partial charge in [-0.3, -0.25) is 9.78 Å². The van der Waals surface area contributed by atoms with Crippen molar-refractivity contribution in [1.82, 2.24) is 20.2 Å². The van der Waals surface area contributed by atoms with Gasteiger partial charge in [-0.2, -0.15) is 0 Å². The highest BCUT2D eigenvalue weighted by molar-refractivity contribution is 9.10. The van der Waals surface area contributed by atoms with E-state index in [1.165, 1.54) is 0 Å². The number of nitrogens with zero attached hydrogens (tertiary/aromatic N) is 3. The fourth-order valence-corrected chi connectivity index (χ4v) is 3.10. The summed E-state index contributed by atoms with van der Waals surface area (Å²) in [4.78, 5) is 23.2. The van der Waals surface area contributed by atoms with Gasteiger partial charge in [-0.05, 0) is 48.5 Å². The van der Waals surface area contributed by atoms with E-state index >= 15 is 0 Å². The molecule has 2 aromatic heterocycles. The van der Waals surface area contributed by atoms with E-state index in [4.69, 9.17) is 0 Å². The van der Waals surface area contributed by atoms with Crippen molar-refractivity contribution in [3.8, 4) is 0 Å². The first-order valence-electron chi connectivity index (χ1n) is 6.97. The van der Waals surface area contributed by atoms with E-state index in [0.717, 1.165) is 28.3 Å². The van der Waals surface area contributed by atoms with Crippen molar-refractivity contribution in [3.05, 3.63) is 34.7 Å². The molecular formula is C15H17BrN4O. The summed E-state index contributed by atoms with van der Waals surface area (Å²) in [6, 6.07) is 4.15. The number of likely N-dealkylation sites (N-methyl/N-ethyl adjacent to an activating group) is 1. The van der Waals surface area contributed by atoms with Gasteiger partial charge in [0, 0.05) is 36.4 Å². The summed E-state index contributed by atoms with van der Waals surface area (Å²) in [6.45, 7) is 3.14. The number of likely N-dealkylation sites (tertiary alicyclic amines) is 1. The molecule has 0 bridgehead atoms. The lowest BCUT2D eigenvalue weighted by Gasteiger charge is -2.21. The molecular weight excluding hydrogens is 332 g/mol. The number of rotatable bonds is 2. The Hall–Kier alpha value is -1.53. The van der Waals surface area contributed by atoms with Crippen LogP contribution in [0.3, 0.4) is 0 Å². The molecule has 1 aliphatic heterocycles. The second kappa shape index (κ2) is 5.69. The van der Waals surface area contributed by atoms with Crippen molar-refractivity contribution in [1.29, 1.82) is 0 Å². The van der Waals surface area contributed by atoms with E-state index in [1.54, 1.807) is 18.5 Å².